The van der Waals surface area contributed by atoms with Crippen molar-refractivity contribution in [3.05, 3.63) is 57.6 Å². The third-order valence-corrected chi connectivity index (χ3v) is 6.02. The lowest BCUT2D eigenvalue weighted by molar-refractivity contribution is -0.117. The first-order valence-corrected chi connectivity index (χ1v) is 11.0. The molecule has 0 unspecified atom stereocenters. The van der Waals surface area contributed by atoms with Crippen LogP contribution in [0.3, 0.4) is 0 Å². The second-order valence-corrected chi connectivity index (χ2v) is 9.07. The summed E-state index contributed by atoms with van der Waals surface area (Å²) in [6, 6.07) is 9.13. The largest absolute Gasteiger partial charge is 0.324 e. The molecule has 5 nitrogen and oxygen atoms in total. The topological polar surface area (TPSA) is 66.5 Å². The second-order valence-electron chi connectivity index (χ2n) is 6.36. The lowest BCUT2D eigenvalue weighted by Crippen LogP contribution is -2.47. The van der Waals surface area contributed by atoms with Crippen molar-refractivity contribution in [1.29, 1.82) is 0 Å². The molecule has 0 heterocycles. The number of anilines is 2. The van der Waals surface area contributed by atoms with Crippen molar-refractivity contribution in [2.75, 3.05) is 15.9 Å². The predicted octanol–water partition coefficient (Wildman–Crippen LogP) is 4.79. The highest BCUT2D eigenvalue weighted by Crippen LogP contribution is 2.28. The maximum absolute atomic E-state index is 12.9. The smallest absolute Gasteiger partial charge is 0.248 e. The summed E-state index contributed by atoms with van der Waals surface area (Å²) < 4.78 is 26.1. The first kappa shape index (κ1) is 21.5. The number of sulfonamides is 1. The summed E-state index contributed by atoms with van der Waals surface area (Å²) in [5.74, 6) is -0.440. The molecule has 0 aliphatic heterocycles. The minimum atomic E-state index is -3.73. The van der Waals surface area contributed by atoms with E-state index in [0.717, 1.165) is 21.7 Å². The van der Waals surface area contributed by atoms with Gasteiger partial charge >= 0.3 is 0 Å². The predicted molar refractivity (Wildman–Crippen MR) is 112 cm³/mol. The third-order valence-electron chi connectivity index (χ3n) is 4.20. The number of amides is 1. The van der Waals surface area contributed by atoms with Crippen LogP contribution in [0.1, 0.15) is 24.5 Å². The number of benzene rings is 2. The van der Waals surface area contributed by atoms with Gasteiger partial charge in [-0.3, -0.25) is 9.10 Å². The van der Waals surface area contributed by atoms with E-state index in [-0.39, 0.29) is 6.42 Å². The highest BCUT2D eigenvalue weighted by atomic mass is 35.5. The molecule has 0 radical (unpaired) electrons. The fourth-order valence-corrected chi connectivity index (χ4v) is 4.27. The zero-order chi connectivity index (χ0) is 20.4. The van der Waals surface area contributed by atoms with Gasteiger partial charge in [-0.25, -0.2) is 8.42 Å². The van der Waals surface area contributed by atoms with E-state index < -0.39 is 22.0 Å². The molecule has 0 aliphatic rings. The van der Waals surface area contributed by atoms with Crippen LogP contribution in [0.25, 0.3) is 0 Å². The number of nitrogens with one attached hydrogen (secondary N) is 1. The fraction of sp³-hybridized carbons (Fsp3) is 0.316. The molecule has 0 aromatic heterocycles. The normalized spacial score (nSPS) is 12.5. The van der Waals surface area contributed by atoms with Crippen molar-refractivity contribution in [3.8, 4) is 0 Å². The summed E-state index contributed by atoms with van der Waals surface area (Å²) in [6.07, 6.45) is 1.35. The van der Waals surface area contributed by atoms with Crippen molar-refractivity contribution < 1.29 is 13.2 Å². The van der Waals surface area contributed by atoms with Crippen LogP contribution in [-0.2, 0) is 14.8 Å². The van der Waals surface area contributed by atoms with Gasteiger partial charge in [0.1, 0.15) is 6.04 Å². The second kappa shape index (κ2) is 8.50. The Morgan fingerprint density at radius 3 is 2.30 bits per heavy atom. The van der Waals surface area contributed by atoms with Crippen molar-refractivity contribution >= 4 is 50.5 Å². The molecule has 1 N–H and O–H groups in total. The molecule has 2 rings (SSSR count). The zero-order valence-corrected chi connectivity index (χ0v) is 17.9. The van der Waals surface area contributed by atoms with Crippen LogP contribution in [0.2, 0.25) is 10.0 Å². The summed E-state index contributed by atoms with van der Waals surface area (Å²) in [4.78, 5) is 12.9. The highest BCUT2D eigenvalue weighted by Gasteiger charge is 2.32. The summed E-state index contributed by atoms with van der Waals surface area (Å²) >= 11 is 12.2. The van der Waals surface area contributed by atoms with Crippen LogP contribution in [0.15, 0.2) is 36.4 Å². The monoisotopic (exact) mass is 428 g/mol. The maximum Gasteiger partial charge on any atom is 0.248 e. The summed E-state index contributed by atoms with van der Waals surface area (Å²) in [5, 5.41) is 3.70. The Balaban J connectivity index is 2.44. The van der Waals surface area contributed by atoms with Gasteiger partial charge in [-0.15, -0.1) is 0 Å². The van der Waals surface area contributed by atoms with Gasteiger partial charge in [-0.05, 0) is 55.7 Å². The number of carbonyl (C=O) groups excluding carboxylic acids is 1. The first-order valence-electron chi connectivity index (χ1n) is 8.37. The molecule has 0 aliphatic carbocycles. The minimum Gasteiger partial charge on any atom is -0.324 e. The Morgan fingerprint density at radius 1 is 1.11 bits per heavy atom. The fourth-order valence-electron chi connectivity index (χ4n) is 2.72. The van der Waals surface area contributed by atoms with Crippen LogP contribution < -0.4 is 9.62 Å². The van der Waals surface area contributed by atoms with E-state index in [9.17, 15) is 13.2 Å². The van der Waals surface area contributed by atoms with Gasteiger partial charge < -0.3 is 5.32 Å². The van der Waals surface area contributed by atoms with Gasteiger partial charge in [0, 0.05) is 15.7 Å². The molecule has 8 heteroatoms. The lowest BCUT2D eigenvalue weighted by atomic mass is 10.1. The van der Waals surface area contributed by atoms with Crippen LogP contribution in [-0.4, -0.2) is 26.6 Å². The average molecular weight is 429 g/mol. The van der Waals surface area contributed by atoms with E-state index in [1.165, 1.54) is 0 Å². The molecule has 146 valence electrons. The van der Waals surface area contributed by atoms with Gasteiger partial charge in [0.15, 0.2) is 0 Å². The van der Waals surface area contributed by atoms with Crippen molar-refractivity contribution in [2.45, 2.75) is 33.2 Å². The Morgan fingerprint density at radius 2 is 1.74 bits per heavy atom. The van der Waals surface area contributed by atoms with Crippen LogP contribution in [0.5, 0.6) is 0 Å². The van der Waals surface area contributed by atoms with E-state index >= 15 is 0 Å². The number of hydrogen-bond donors (Lipinski definition) is 1. The molecule has 0 spiro atoms. The zero-order valence-electron chi connectivity index (χ0n) is 15.6. The minimum absolute atomic E-state index is 0.282. The molecule has 0 saturated heterocycles. The van der Waals surface area contributed by atoms with Crippen molar-refractivity contribution in [1.82, 2.24) is 0 Å². The SMILES string of the molecule is CC[C@H](C(=O)Nc1cc(Cl)ccc1C)N(c1ccc(C)c(Cl)c1)S(C)(=O)=O. The average Bonchev–Trinajstić information content (AvgIpc) is 2.57. The Kier molecular flexibility index (Phi) is 6.78. The Labute approximate surface area is 170 Å². The number of nitrogens with zero attached hydrogens (tertiary/aromatic N) is 1. The quantitative estimate of drug-likeness (QED) is 0.718. The summed E-state index contributed by atoms with van der Waals surface area (Å²) in [6.45, 7) is 5.41. The Hall–Kier alpha value is -1.76. The molecular weight excluding hydrogens is 407 g/mol. The maximum atomic E-state index is 12.9. The third kappa shape index (κ3) is 5.15. The molecule has 2 aromatic rings. The lowest BCUT2D eigenvalue weighted by Gasteiger charge is -2.30. The summed E-state index contributed by atoms with van der Waals surface area (Å²) in [7, 11) is -3.73. The molecule has 1 amide bonds. The number of rotatable bonds is 6. The van der Waals surface area contributed by atoms with Crippen LogP contribution >= 0.6 is 23.2 Å². The molecule has 0 bridgehead atoms. The number of hydrogen-bond acceptors (Lipinski definition) is 3. The van der Waals surface area contributed by atoms with E-state index in [4.69, 9.17) is 23.2 Å². The van der Waals surface area contributed by atoms with Crippen LogP contribution in [0.4, 0.5) is 11.4 Å². The molecule has 1 atom stereocenters. The number of carbonyl (C=O) groups is 1. The van der Waals surface area contributed by atoms with Gasteiger partial charge in [-0.1, -0.05) is 42.3 Å². The highest BCUT2D eigenvalue weighted by molar-refractivity contribution is 7.92. The van der Waals surface area contributed by atoms with Gasteiger partial charge in [0.25, 0.3) is 0 Å². The molecule has 2 aromatic carbocycles. The molecule has 27 heavy (non-hydrogen) atoms. The summed E-state index contributed by atoms with van der Waals surface area (Å²) in [5.41, 5.74) is 2.53. The number of aryl methyl sites for hydroxylation is 2. The van der Waals surface area contributed by atoms with E-state index in [1.807, 2.05) is 13.8 Å². The molecule has 0 saturated carbocycles. The first-order chi connectivity index (χ1) is 12.5. The van der Waals surface area contributed by atoms with Crippen molar-refractivity contribution in [2.24, 2.45) is 0 Å². The van der Waals surface area contributed by atoms with Crippen molar-refractivity contribution in [3.63, 3.8) is 0 Å². The number of halogens is 2. The van der Waals surface area contributed by atoms with E-state index in [1.54, 1.807) is 43.3 Å². The van der Waals surface area contributed by atoms with Crippen LogP contribution in [0, 0.1) is 13.8 Å². The van der Waals surface area contributed by atoms with E-state index in [0.29, 0.717) is 21.4 Å². The van der Waals surface area contributed by atoms with Gasteiger partial charge in [0.05, 0.1) is 11.9 Å². The van der Waals surface area contributed by atoms with Gasteiger partial charge in [-0.2, -0.15) is 0 Å². The van der Waals surface area contributed by atoms with Gasteiger partial charge in [0.2, 0.25) is 15.9 Å². The molecular formula is C19H22Cl2N2O3S. The standard InChI is InChI=1S/C19H22Cl2N2O3S/c1-5-18(19(24)22-17-10-14(20)8-6-13(17)3)23(27(4,25)26)15-9-7-12(2)16(21)11-15/h6-11,18H,5H2,1-4H3,(H,22,24)/t18-/m1/s1. The molecule has 0 fully saturated rings. The Bertz CT molecular complexity index is 961. The van der Waals surface area contributed by atoms with E-state index in [2.05, 4.69) is 5.32 Å².